The fourth-order valence-corrected chi connectivity index (χ4v) is 0.971. The van der Waals surface area contributed by atoms with Crippen LogP contribution in [0.2, 0.25) is 0 Å². The van der Waals surface area contributed by atoms with E-state index in [1.807, 2.05) is 13.8 Å². The van der Waals surface area contributed by atoms with Gasteiger partial charge in [0.25, 0.3) is 5.88 Å². The van der Waals surface area contributed by atoms with Crippen LogP contribution in [0.25, 0.3) is 0 Å². The van der Waals surface area contributed by atoms with Gasteiger partial charge in [-0.2, -0.15) is 0 Å². The van der Waals surface area contributed by atoms with E-state index in [4.69, 9.17) is 4.74 Å². The lowest BCUT2D eigenvalue weighted by Crippen LogP contribution is -2.07. The lowest BCUT2D eigenvalue weighted by molar-refractivity contribution is -0.134. The van der Waals surface area contributed by atoms with Crippen LogP contribution < -0.4 is 4.74 Å². The molecule has 78 valence electrons. The summed E-state index contributed by atoms with van der Waals surface area (Å²) >= 11 is 0. The Morgan fingerprint density at radius 2 is 2.36 bits per heavy atom. The first-order valence-corrected chi connectivity index (χ1v) is 4.87. The first kappa shape index (κ1) is 10.7. The van der Waals surface area contributed by atoms with Crippen molar-refractivity contribution in [2.24, 2.45) is 0 Å². The van der Waals surface area contributed by atoms with Crippen molar-refractivity contribution in [1.29, 1.82) is 0 Å². The van der Waals surface area contributed by atoms with Gasteiger partial charge >= 0.3 is 5.97 Å². The van der Waals surface area contributed by atoms with Crippen molar-refractivity contribution in [3.8, 4) is 5.88 Å². The molecule has 0 aromatic carbocycles. The molecule has 0 aliphatic carbocycles. The number of carbonyl (C=O) groups is 1. The van der Waals surface area contributed by atoms with Crippen molar-refractivity contribution in [3.05, 3.63) is 6.20 Å². The molecular formula is C9H15N3O2. The predicted octanol–water partition coefficient (Wildman–Crippen LogP) is 1.39. The van der Waals surface area contributed by atoms with Gasteiger partial charge in [0.05, 0.1) is 6.20 Å². The van der Waals surface area contributed by atoms with Crippen LogP contribution in [0.1, 0.15) is 33.1 Å². The topological polar surface area (TPSA) is 57.0 Å². The lowest BCUT2D eigenvalue weighted by atomic mass is 10.2. The highest BCUT2D eigenvalue weighted by Crippen LogP contribution is 2.05. The van der Waals surface area contributed by atoms with Crippen molar-refractivity contribution in [3.63, 3.8) is 0 Å². The molecule has 5 heteroatoms. The number of aryl methyl sites for hydroxylation is 1. The SMILES string of the molecule is CCCCC(=O)Oc1cn(CC)nn1. The third-order valence-corrected chi connectivity index (χ3v) is 1.79. The van der Waals surface area contributed by atoms with Gasteiger partial charge in [-0.15, -0.1) is 0 Å². The number of hydrogen-bond acceptors (Lipinski definition) is 4. The Kier molecular flexibility index (Phi) is 4.10. The average molecular weight is 197 g/mol. The molecule has 0 radical (unpaired) electrons. The molecule has 5 nitrogen and oxygen atoms in total. The zero-order valence-corrected chi connectivity index (χ0v) is 8.56. The zero-order valence-electron chi connectivity index (χ0n) is 8.56. The summed E-state index contributed by atoms with van der Waals surface area (Å²) in [5.74, 6) is 0.0444. The van der Waals surface area contributed by atoms with Crippen LogP contribution in [0.15, 0.2) is 6.20 Å². The maximum Gasteiger partial charge on any atom is 0.312 e. The molecule has 0 fully saturated rings. The number of carbonyl (C=O) groups excluding carboxylic acids is 1. The molecule has 0 aliphatic heterocycles. The summed E-state index contributed by atoms with van der Waals surface area (Å²) in [5.41, 5.74) is 0. The Bertz CT molecular complexity index is 296. The molecule has 0 bridgehead atoms. The maximum absolute atomic E-state index is 11.2. The predicted molar refractivity (Wildman–Crippen MR) is 50.9 cm³/mol. The summed E-state index contributed by atoms with van der Waals surface area (Å²) in [6.45, 7) is 4.69. The smallest absolute Gasteiger partial charge is 0.312 e. The van der Waals surface area contributed by atoms with Crippen LogP contribution in [0, 0.1) is 0 Å². The van der Waals surface area contributed by atoms with E-state index in [9.17, 15) is 4.79 Å². The minimum absolute atomic E-state index is 0.241. The first-order valence-electron chi connectivity index (χ1n) is 4.87. The van der Waals surface area contributed by atoms with Crippen LogP contribution in [-0.2, 0) is 11.3 Å². The van der Waals surface area contributed by atoms with Crippen LogP contribution in [0.5, 0.6) is 5.88 Å². The Labute approximate surface area is 83.1 Å². The van der Waals surface area contributed by atoms with E-state index in [0.29, 0.717) is 6.42 Å². The molecule has 0 N–H and O–H groups in total. The first-order chi connectivity index (χ1) is 6.76. The highest BCUT2D eigenvalue weighted by atomic mass is 16.5. The van der Waals surface area contributed by atoms with Gasteiger partial charge in [-0.3, -0.25) is 4.79 Å². The number of esters is 1. The summed E-state index contributed by atoms with van der Waals surface area (Å²) in [6.07, 6.45) is 3.89. The van der Waals surface area contributed by atoms with Crippen molar-refractivity contribution in [1.82, 2.24) is 15.0 Å². The quantitative estimate of drug-likeness (QED) is 0.669. The van der Waals surface area contributed by atoms with Gasteiger partial charge in [0, 0.05) is 13.0 Å². The average Bonchev–Trinajstić information content (AvgIpc) is 2.62. The van der Waals surface area contributed by atoms with Crippen LogP contribution in [-0.4, -0.2) is 21.0 Å². The molecule has 0 amide bonds. The van der Waals surface area contributed by atoms with Gasteiger partial charge < -0.3 is 4.74 Å². The molecule has 0 saturated heterocycles. The summed E-state index contributed by atoms with van der Waals surface area (Å²) in [4.78, 5) is 11.2. The van der Waals surface area contributed by atoms with E-state index >= 15 is 0 Å². The third-order valence-electron chi connectivity index (χ3n) is 1.79. The van der Waals surface area contributed by atoms with Gasteiger partial charge in [-0.05, 0) is 13.3 Å². The van der Waals surface area contributed by atoms with E-state index in [0.717, 1.165) is 19.4 Å². The molecular weight excluding hydrogens is 182 g/mol. The number of hydrogen-bond donors (Lipinski definition) is 0. The molecule has 1 rings (SSSR count). The fourth-order valence-electron chi connectivity index (χ4n) is 0.971. The van der Waals surface area contributed by atoms with Crippen LogP contribution in [0.4, 0.5) is 0 Å². The molecule has 14 heavy (non-hydrogen) atoms. The standard InChI is InChI=1S/C9H15N3O2/c1-3-5-6-9(13)14-8-7-12(4-2)11-10-8/h7H,3-6H2,1-2H3. The molecule has 1 aromatic rings. The number of aromatic nitrogens is 3. The van der Waals surface area contributed by atoms with Crippen molar-refractivity contribution >= 4 is 5.97 Å². The van der Waals surface area contributed by atoms with E-state index < -0.39 is 0 Å². The Hall–Kier alpha value is -1.39. The van der Waals surface area contributed by atoms with Gasteiger partial charge in [-0.25, -0.2) is 4.68 Å². The lowest BCUT2D eigenvalue weighted by Gasteiger charge is -1.97. The van der Waals surface area contributed by atoms with E-state index in [2.05, 4.69) is 10.3 Å². The summed E-state index contributed by atoms with van der Waals surface area (Å²) < 4.78 is 6.58. The van der Waals surface area contributed by atoms with Crippen LogP contribution >= 0.6 is 0 Å². The Morgan fingerprint density at radius 3 is 2.93 bits per heavy atom. The molecule has 0 atom stereocenters. The second-order valence-corrected chi connectivity index (χ2v) is 2.99. The number of unbranched alkanes of at least 4 members (excludes halogenated alkanes) is 1. The van der Waals surface area contributed by atoms with Gasteiger partial charge in [-0.1, -0.05) is 23.7 Å². The largest absolute Gasteiger partial charge is 0.404 e. The van der Waals surface area contributed by atoms with Crippen molar-refractivity contribution in [2.45, 2.75) is 39.7 Å². The van der Waals surface area contributed by atoms with Gasteiger partial charge in [0.15, 0.2) is 0 Å². The molecule has 0 aliphatic rings. The zero-order chi connectivity index (χ0) is 10.4. The summed E-state index contributed by atoms with van der Waals surface area (Å²) in [6, 6.07) is 0. The second kappa shape index (κ2) is 5.36. The molecule has 1 aromatic heterocycles. The normalized spacial score (nSPS) is 10.1. The minimum atomic E-state index is -0.241. The Morgan fingerprint density at radius 1 is 1.57 bits per heavy atom. The molecule has 0 spiro atoms. The third kappa shape index (κ3) is 3.16. The number of rotatable bonds is 5. The minimum Gasteiger partial charge on any atom is -0.404 e. The maximum atomic E-state index is 11.2. The molecule has 0 unspecified atom stereocenters. The number of nitrogens with zero attached hydrogens (tertiary/aromatic N) is 3. The Balaban J connectivity index is 2.39. The van der Waals surface area contributed by atoms with Crippen molar-refractivity contribution < 1.29 is 9.53 Å². The van der Waals surface area contributed by atoms with E-state index in [1.165, 1.54) is 0 Å². The van der Waals surface area contributed by atoms with E-state index in [-0.39, 0.29) is 11.8 Å². The van der Waals surface area contributed by atoms with E-state index in [1.54, 1.807) is 10.9 Å². The summed E-state index contributed by atoms with van der Waals surface area (Å²) in [5, 5.41) is 7.46. The molecule has 1 heterocycles. The van der Waals surface area contributed by atoms with Gasteiger partial charge in [0.2, 0.25) is 0 Å². The monoisotopic (exact) mass is 197 g/mol. The molecule has 0 saturated carbocycles. The number of ether oxygens (including phenoxy) is 1. The highest BCUT2D eigenvalue weighted by molar-refractivity contribution is 5.71. The van der Waals surface area contributed by atoms with Gasteiger partial charge in [0.1, 0.15) is 0 Å². The fraction of sp³-hybridized carbons (Fsp3) is 0.667. The summed E-state index contributed by atoms with van der Waals surface area (Å²) in [7, 11) is 0. The van der Waals surface area contributed by atoms with Crippen LogP contribution in [0.3, 0.4) is 0 Å². The second-order valence-electron chi connectivity index (χ2n) is 2.99. The highest BCUT2D eigenvalue weighted by Gasteiger charge is 2.06. The van der Waals surface area contributed by atoms with Crippen molar-refractivity contribution in [2.75, 3.05) is 0 Å².